The summed E-state index contributed by atoms with van der Waals surface area (Å²) in [6.07, 6.45) is 0. The highest BCUT2D eigenvalue weighted by molar-refractivity contribution is 5.75. The second-order valence-corrected chi connectivity index (χ2v) is 2.84. The molecule has 0 aliphatic rings. The third-order valence-electron chi connectivity index (χ3n) is 1.96. The van der Waals surface area contributed by atoms with Crippen molar-refractivity contribution in [3.05, 3.63) is 29.8 Å². The number of aliphatic carboxylic acids is 1. The summed E-state index contributed by atoms with van der Waals surface area (Å²) in [6.45, 7) is 0. The molecule has 1 atom stereocenters. The lowest BCUT2D eigenvalue weighted by Crippen LogP contribution is -2.24. The molecule has 4 nitrogen and oxygen atoms in total. The Morgan fingerprint density at radius 3 is 2.79 bits per heavy atom. The summed E-state index contributed by atoms with van der Waals surface area (Å²) in [6, 6.07) is 6.30. The molecule has 1 rings (SSSR count). The molecule has 2 N–H and O–H groups in total. The molecule has 1 aromatic carbocycles. The van der Waals surface area contributed by atoms with E-state index in [9.17, 15) is 4.79 Å². The largest absolute Gasteiger partial charge is 0.497 e. The predicted molar refractivity (Wildman–Crippen MR) is 52.4 cm³/mol. The third kappa shape index (κ3) is 2.23. The van der Waals surface area contributed by atoms with Crippen molar-refractivity contribution in [1.82, 2.24) is 5.32 Å². The summed E-state index contributed by atoms with van der Waals surface area (Å²) < 4.78 is 5.01. The summed E-state index contributed by atoms with van der Waals surface area (Å²) in [5.41, 5.74) is 0.680. The van der Waals surface area contributed by atoms with Crippen molar-refractivity contribution in [3.8, 4) is 5.75 Å². The molecule has 1 aromatic rings. The van der Waals surface area contributed by atoms with Crippen LogP contribution < -0.4 is 10.1 Å². The van der Waals surface area contributed by atoms with Crippen molar-refractivity contribution in [1.29, 1.82) is 0 Å². The van der Waals surface area contributed by atoms with Crippen LogP contribution in [0.1, 0.15) is 11.6 Å². The van der Waals surface area contributed by atoms with E-state index in [1.165, 1.54) is 0 Å². The van der Waals surface area contributed by atoms with Crippen LogP contribution in [0.2, 0.25) is 0 Å². The molecule has 14 heavy (non-hydrogen) atoms. The van der Waals surface area contributed by atoms with Gasteiger partial charge < -0.3 is 15.2 Å². The Morgan fingerprint density at radius 1 is 1.57 bits per heavy atom. The van der Waals surface area contributed by atoms with E-state index in [0.29, 0.717) is 11.3 Å². The van der Waals surface area contributed by atoms with Gasteiger partial charge in [-0.15, -0.1) is 0 Å². The van der Waals surface area contributed by atoms with Gasteiger partial charge in [0.25, 0.3) is 0 Å². The smallest absolute Gasteiger partial charge is 0.325 e. The topological polar surface area (TPSA) is 58.6 Å². The van der Waals surface area contributed by atoms with Gasteiger partial charge in [-0.3, -0.25) is 4.79 Å². The summed E-state index contributed by atoms with van der Waals surface area (Å²) in [5.74, 6) is -0.246. The van der Waals surface area contributed by atoms with E-state index in [4.69, 9.17) is 9.84 Å². The average Bonchev–Trinajstić information content (AvgIpc) is 2.19. The second kappa shape index (κ2) is 4.62. The van der Waals surface area contributed by atoms with Crippen molar-refractivity contribution in [3.63, 3.8) is 0 Å². The summed E-state index contributed by atoms with van der Waals surface area (Å²) in [4.78, 5) is 10.8. The number of carboxylic acids is 1. The van der Waals surface area contributed by atoms with Crippen LogP contribution in [0, 0.1) is 0 Å². The highest BCUT2D eigenvalue weighted by Crippen LogP contribution is 2.18. The lowest BCUT2D eigenvalue weighted by Gasteiger charge is -2.12. The quantitative estimate of drug-likeness (QED) is 0.753. The van der Waals surface area contributed by atoms with Crippen LogP contribution in [0.4, 0.5) is 0 Å². The van der Waals surface area contributed by atoms with Gasteiger partial charge in [-0.2, -0.15) is 0 Å². The Kier molecular flexibility index (Phi) is 3.48. The predicted octanol–water partition coefficient (Wildman–Crippen LogP) is 1.04. The first-order valence-electron chi connectivity index (χ1n) is 4.23. The average molecular weight is 195 g/mol. The molecule has 0 amide bonds. The molecule has 0 radical (unpaired) electrons. The van der Waals surface area contributed by atoms with Crippen molar-refractivity contribution in [2.45, 2.75) is 6.04 Å². The van der Waals surface area contributed by atoms with Crippen molar-refractivity contribution >= 4 is 5.97 Å². The second-order valence-electron chi connectivity index (χ2n) is 2.84. The van der Waals surface area contributed by atoms with Gasteiger partial charge >= 0.3 is 5.97 Å². The van der Waals surface area contributed by atoms with Gasteiger partial charge in [0.15, 0.2) is 0 Å². The van der Waals surface area contributed by atoms with Crippen molar-refractivity contribution in [2.24, 2.45) is 0 Å². The molecule has 0 saturated carbocycles. The maximum atomic E-state index is 10.8. The lowest BCUT2D eigenvalue weighted by atomic mass is 10.1. The van der Waals surface area contributed by atoms with E-state index in [1.54, 1.807) is 38.4 Å². The Balaban J connectivity index is 2.98. The number of methoxy groups -OCH3 is 1. The lowest BCUT2D eigenvalue weighted by molar-refractivity contribution is -0.139. The van der Waals surface area contributed by atoms with Gasteiger partial charge in [0.1, 0.15) is 11.8 Å². The first kappa shape index (κ1) is 10.5. The maximum absolute atomic E-state index is 10.8. The number of ether oxygens (including phenoxy) is 1. The zero-order chi connectivity index (χ0) is 10.6. The highest BCUT2D eigenvalue weighted by Gasteiger charge is 2.17. The first-order valence-corrected chi connectivity index (χ1v) is 4.23. The van der Waals surface area contributed by atoms with Crippen LogP contribution in [0.3, 0.4) is 0 Å². The summed E-state index contributed by atoms with van der Waals surface area (Å²) in [7, 11) is 3.16. The van der Waals surface area contributed by atoms with Crippen LogP contribution in [-0.4, -0.2) is 25.2 Å². The van der Waals surface area contributed by atoms with E-state index in [2.05, 4.69) is 5.32 Å². The fourth-order valence-electron chi connectivity index (χ4n) is 1.25. The molecule has 0 aromatic heterocycles. The van der Waals surface area contributed by atoms with Crippen molar-refractivity contribution in [2.75, 3.05) is 14.2 Å². The van der Waals surface area contributed by atoms with Crippen LogP contribution >= 0.6 is 0 Å². The summed E-state index contributed by atoms with van der Waals surface area (Å²) in [5, 5.41) is 11.6. The molecule has 0 heterocycles. The first-order chi connectivity index (χ1) is 6.69. The number of carboxylic acid groups (broad SMARTS) is 1. The van der Waals surface area contributed by atoms with Gasteiger partial charge in [0, 0.05) is 0 Å². The molecule has 0 saturated heterocycles. The molecule has 0 fully saturated rings. The molecular formula is C10H13NO3. The minimum absolute atomic E-state index is 0.656. The molecule has 76 valence electrons. The fraction of sp³-hybridized carbons (Fsp3) is 0.300. The third-order valence-corrected chi connectivity index (χ3v) is 1.96. The SMILES string of the molecule is CN[C@H](C(=O)O)c1cccc(OC)c1. The van der Waals surface area contributed by atoms with Crippen LogP contribution in [0.25, 0.3) is 0 Å². The molecule has 0 aliphatic heterocycles. The number of hydrogen-bond donors (Lipinski definition) is 2. The number of benzene rings is 1. The van der Waals surface area contributed by atoms with Gasteiger partial charge in [-0.05, 0) is 24.7 Å². The van der Waals surface area contributed by atoms with Crippen LogP contribution in [0.5, 0.6) is 5.75 Å². The zero-order valence-corrected chi connectivity index (χ0v) is 8.15. The monoisotopic (exact) mass is 195 g/mol. The van der Waals surface area contributed by atoms with E-state index in [1.807, 2.05) is 0 Å². The van der Waals surface area contributed by atoms with Gasteiger partial charge in [0.05, 0.1) is 7.11 Å². The van der Waals surface area contributed by atoms with Crippen LogP contribution in [-0.2, 0) is 4.79 Å². The van der Waals surface area contributed by atoms with Crippen molar-refractivity contribution < 1.29 is 14.6 Å². The normalized spacial score (nSPS) is 12.1. The fourth-order valence-corrected chi connectivity index (χ4v) is 1.25. The molecule has 0 bridgehead atoms. The standard InChI is InChI=1S/C10H13NO3/c1-11-9(10(12)13)7-4-3-5-8(6-7)14-2/h3-6,9,11H,1-2H3,(H,12,13)/t9-/m0/s1. The molecule has 0 unspecified atom stereocenters. The number of hydrogen-bond acceptors (Lipinski definition) is 3. The van der Waals surface area contributed by atoms with E-state index in [-0.39, 0.29) is 0 Å². The molecular weight excluding hydrogens is 182 g/mol. The van der Waals surface area contributed by atoms with E-state index >= 15 is 0 Å². The maximum Gasteiger partial charge on any atom is 0.325 e. The minimum atomic E-state index is -0.902. The van der Waals surface area contributed by atoms with Gasteiger partial charge in [0.2, 0.25) is 0 Å². The number of nitrogens with one attached hydrogen (secondary N) is 1. The highest BCUT2D eigenvalue weighted by atomic mass is 16.5. The van der Waals surface area contributed by atoms with Crippen LogP contribution in [0.15, 0.2) is 24.3 Å². The Labute approximate surface area is 82.5 Å². The Morgan fingerprint density at radius 2 is 2.29 bits per heavy atom. The number of likely N-dealkylation sites (N-methyl/N-ethyl adjacent to an activating group) is 1. The Hall–Kier alpha value is -1.55. The molecule has 4 heteroatoms. The number of carbonyl (C=O) groups is 1. The number of rotatable bonds is 4. The molecule has 0 spiro atoms. The Bertz CT molecular complexity index is 325. The van der Waals surface area contributed by atoms with E-state index < -0.39 is 12.0 Å². The van der Waals surface area contributed by atoms with E-state index in [0.717, 1.165) is 0 Å². The molecule has 0 aliphatic carbocycles. The van der Waals surface area contributed by atoms with Gasteiger partial charge in [-0.25, -0.2) is 0 Å². The summed E-state index contributed by atoms with van der Waals surface area (Å²) >= 11 is 0. The van der Waals surface area contributed by atoms with Gasteiger partial charge in [-0.1, -0.05) is 12.1 Å². The zero-order valence-electron chi connectivity index (χ0n) is 8.15. The minimum Gasteiger partial charge on any atom is -0.497 e.